The lowest BCUT2D eigenvalue weighted by Crippen LogP contribution is -2.25. The molecule has 3 aromatic rings. The summed E-state index contributed by atoms with van der Waals surface area (Å²) < 4.78 is 26.0. The molecule has 0 radical (unpaired) electrons. The Morgan fingerprint density at radius 2 is 1.93 bits per heavy atom. The number of benzene rings is 1. The van der Waals surface area contributed by atoms with Crippen LogP contribution in [0.15, 0.2) is 29.2 Å². The van der Waals surface area contributed by atoms with Crippen LogP contribution in [0.3, 0.4) is 0 Å². The van der Waals surface area contributed by atoms with Gasteiger partial charge in [-0.05, 0) is 18.1 Å². The maximum atomic E-state index is 12.2. The van der Waals surface area contributed by atoms with E-state index in [2.05, 4.69) is 10.3 Å². The van der Waals surface area contributed by atoms with E-state index in [1.807, 2.05) is 25.7 Å². The number of β-amino-alcohol motifs (C(OH)–C–C–N with tert-alkyl or cyclic N) is 1. The maximum absolute atomic E-state index is 12.2. The minimum atomic E-state index is -3.38. The van der Waals surface area contributed by atoms with Gasteiger partial charge >= 0.3 is 0 Å². The Morgan fingerprint density at radius 3 is 2.57 bits per heavy atom. The first-order chi connectivity index (χ1) is 14.0. The predicted molar refractivity (Wildman–Crippen MR) is 113 cm³/mol. The number of aliphatic hydroxyl groups excluding tert-OH is 1. The Balaban J connectivity index is 1.85. The van der Waals surface area contributed by atoms with Crippen LogP contribution in [0.1, 0.15) is 38.6 Å². The highest BCUT2D eigenvalue weighted by molar-refractivity contribution is 7.90. The molecule has 0 unspecified atom stereocenters. The first kappa shape index (κ1) is 20.7. The third-order valence-corrected chi connectivity index (χ3v) is 6.37. The van der Waals surface area contributed by atoms with Gasteiger partial charge < -0.3 is 10.0 Å². The minimum Gasteiger partial charge on any atom is -0.391 e. The fourth-order valence-corrected chi connectivity index (χ4v) is 4.53. The number of hydrogen-bond acceptors (Lipinski definition) is 8. The summed E-state index contributed by atoms with van der Waals surface area (Å²) in [6.45, 7) is 7.49. The molecule has 2 aromatic heterocycles. The average molecular weight is 431 g/mol. The molecule has 0 aliphatic carbocycles. The number of anilines is 1. The summed E-state index contributed by atoms with van der Waals surface area (Å²) in [6, 6.07) is 6.87. The van der Waals surface area contributed by atoms with Crippen molar-refractivity contribution in [1.82, 2.24) is 25.0 Å². The van der Waals surface area contributed by atoms with Crippen LogP contribution in [0.4, 0.5) is 5.82 Å². The highest BCUT2D eigenvalue weighted by Gasteiger charge is 2.29. The van der Waals surface area contributed by atoms with Crippen molar-refractivity contribution in [1.29, 1.82) is 0 Å². The Labute approximate surface area is 175 Å². The van der Waals surface area contributed by atoms with Crippen LogP contribution in [-0.2, 0) is 21.8 Å². The van der Waals surface area contributed by atoms with Gasteiger partial charge in [-0.25, -0.2) is 23.1 Å². The van der Waals surface area contributed by atoms with Crippen molar-refractivity contribution in [2.75, 3.05) is 24.2 Å². The van der Waals surface area contributed by atoms with E-state index >= 15 is 0 Å². The lowest BCUT2D eigenvalue weighted by Gasteiger charge is -2.22. The number of rotatable bonds is 4. The standard InChI is InChI=1S/C20H26N6O3S/c1-20(2,3)19-21-17(25-10-9-14(27)12-25)16-18(22-19)26(24-23-16)11-13-7-5-6-8-15(13)30(4,28)29/h5-8,14,27H,9-12H2,1-4H3/t14-/m0/s1. The molecule has 4 rings (SSSR count). The van der Waals surface area contributed by atoms with E-state index in [1.165, 1.54) is 6.26 Å². The van der Waals surface area contributed by atoms with E-state index in [9.17, 15) is 13.5 Å². The number of sulfone groups is 1. The maximum Gasteiger partial charge on any atom is 0.184 e. The van der Waals surface area contributed by atoms with Crippen LogP contribution in [-0.4, -0.2) is 63.9 Å². The quantitative estimate of drug-likeness (QED) is 0.663. The highest BCUT2D eigenvalue weighted by atomic mass is 32.2. The summed E-state index contributed by atoms with van der Waals surface area (Å²) in [6.07, 6.45) is 1.47. The van der Waals surface area contributed by atoms with Crippen molar-refractivity contribution >= 4 is 26.8 Å². The summed E-state index contributed by atoms with van der Waals surface area (Å²) >= 11 is 0. The van der Waals surface area contributed by atoms with Gasteiger partial charge in [0.15, 0.2) is 26.8 Å². The lowest BCUT2D eigenvalue weighted by molar-refractivity contribution is 0.198. The number of hydrogen-bond donors (Lipinski definition) is 1. The molecule has 1 aliphatic rings. The third-order valence-electron chi connectivity index (χ3n) is 5.17. The Bertz CT molecular complexity index is 1200. The second kappa shape index (κ2) is 7.28. The van der Waals surface area contributed by atoms with Gasteiger partial charge in [0.2, 0.25) is 0 Å². The predicted octanol–water partition coefficient (Wildman–Crippen LogP) is 1.54. The van der Waals surface area contributed by atoms with Crippen LogP contribution in [0.5, 0.6) is 0 Å². The van der Waals surface area contributed by atoms with Gasteiger partial charge in [-0.15, -0.1) is 5.10 Å². The van der Waals surface area contributed by atoms with Crippen LogP contribution in [0.25, 0.3) is 11.2 Å². The first-order valence-electron chi connectivity index (χ1n) is 9.87. The molecule has 3 heterocycles. The minimum absolute atomic E-state index is 0.225. The van der Waals surface area contributed by atoms with Crippen LogP contribution in [0, 0.1) is 0 Å². The van der Waals surface area contributed by atoms with Gasteiger partial charge in [-0.1, -0.05) is 44.2 Å². The topological polar surface area (TPSA) is 114 Å². The molecule has 0 bridgehead atoms. The van der Waals surface area contributed by atoms with E-state index in [-0.39, 0.29) is 16.9 Å². The molecule has 160 valence electrons. The van der Waals surface area contributed by atoms with Gasteiger partial charge in [-0.3, -0.25) is 0 Å². The molecule has 1 atom stereocenters. The third kappa shape index (κ3) is 3.89. The van der Waals surface area contributed by atoms with Crippen molar-refractivity contribution in [3.63, 3.8) is 0 Å². The molecule has 0 saturated carbocycles. The SMILES string of the molecule is CC(C)(C)c1nc(N2CC[C@H](O)C2)c2nnn(Cc3ccccc3S(C)(=O)=O)c2n1. The summed E-state index contributed by atoms with van der Waals surface area (Å²) in [5, 5.41) is 18.6. The fourth-order valence-electron chi connectivity index (χ4n) is 3.60. The molecule has 0 amide bonds. The molecule has 30 heavy (non-hydrogen) atoms. The second-order valence-corrected chi connectivity index (χ2v) is 10.8. The number of aromatic nitrogens is 5. The monoisotopic (exact) mass is 430 g/mol. The molecule has 1 aromatic carbocycles. The van der Waals surface area contributed by atoms with E-state index in [1.54, 1.807) is 28.9 Å². The average Bonchev–Trinajstić information content (AvgIpc) is 3.26. The van der Waals surface area contributed by atoms with Gasteiger partial charge in [-0.2, -0.15) is 0 Å². The first-order valence-corrected chi connectivity index (χ1v) is 11.8. The smallest absolute Gasteiger partial charge is 0.184 e. The molecule has 0 spiro atoms. The molecular weight excluding hydrogens is 404 g/mol. The van der Waals surface area contributed by atoms with Crippen molar-refractivity contribution in [2.24, 2.45) is 0 Å². The van der Waals surface area contributed by atoms with Gasteiger partial charge in [0.05, 0.1) is 17.5 Å². The van der Waals surface area contributed by atoms with Gasteiger partial charge in [0.1, 0.15) is 5.82 Å². The van der Waals surface area contributed by atoms with Gasteiger partial charge in [0, 0.05) is 24.8 Å². The molecule has 10 heteroatoms. The summed E-state index contributed by atoms with van der Waals surface area (Å²) in [7, 11) is -3.38. The van der Waals surface area contributed by atoms with E-state index in [0.717, 1.165) is 0 Å². The van der Waals surface area contributed by atoms with E-state index in [4.69, 9.17) is 9.97 Å². The lowest BCUT2D eigenvalue weighted by atomic mass is 9.96. The number of fused-ring (bicyclic) bond motifs is 1. The van der Waals surface area contributed by atoms with Crippen molar-refractivity contribution in [3.8, 4) is 0 Å². The number of aliphatic hydroxyl groups is 1. The zero-order valence-electron chi connectivity index (χ0n) is 17.6. The largest absolute Gasteiger partial charge is 0.391 e. The Hall–Kier alpha value is -2.59. The van der Waals surface area contributed by atoms with Gasteiger partial charge in [0.25, 0.3) is 0 Å². The zero-order valence-corrected chi connectivity index (χ0v) is 18.4. The molecular formula is C20H26N6O3S. The summed E-state index contributed by atoms with van der Waals surface area (Å²) in [5.41, 5.74) is 1.42. The summed E-state index contributed by atoms with van der Waals surface area (Å²) in [5.74, 6) is 1.30. The van der Waals surface area contributed by atoms with Crippen molar-refractivity contribution < 1.29 is 13.5 Å². The Kier molecular flexibility index (Phi) is 5.01. The Morgan fingerprint density at radius 1 is 1.20 bits per heavy atom. The number of nitrogens with zero attached hydrogens (tertiary/aromatic N) is 6. The highest BCUT2D eigenvalue weighted by Crippen LogP contribution is 2.29. The molecule has 1 N–H and O–H groups in total. The fraction of sp³-hybridized carbons (Fsp3) is 0.500. The summed E-state index contributed by atoms with van der Waals surface area (Å²) in [4.78, 5) is 11.8. The molecule has 1 fully saturated rings. The molecule has 1 saturated heterocycles. The van der Waals surface area contributed by atoms with Crippen LogP contribution in [0.2, 0.25) is 0 Å². The molecule has 9 nitrogen and oxygen atoms in total. The van der Waals surface area contributed by atoms with Crippen molar-refractivity contribution in [2.45, 2.75) is 50.2 Å². The van der Waals surface area contributed by atoms with Crippen molar-refractivity contribution in [3.05, 3.63) is 35.7 Å². The van der Waals surface area contributed by atoms with Crippen LogP contribution >= 0.6 is 0 Å². The normalized spacial score (nSPS) is 17.8. The van der Waals surface area contributed by atoms with Crippen LogP contribution < -0.4 is 4.90 Å². The molecule has 1 aliphatic heterocycles. The zero-order chi connectivity index (χ0) is 21.7. The van der Waals surface area contributed by atoms with E-state index < -0.39 is 15.9 Å². The van der Waals surface area contributed by atoms with E-state index in [0.29, 0.717) is 47.9 Å². The second-order valence-electron chi connectivity index (χ2n) is 8.81.